The molecule has 0 saturated carbocycles. The Kier molecular flexibility index (Phi) is 27.6. The molecule has 0 radical (unpaired) electrons. The number of fused-ring (bicyclic) bond motifs is 3. The van der Waals surface area contributed by atoms with Gasteiger partial charge in [-0.15, -0.1) is 0 Å². The van der Waals surface area contributed by atoms with Crippen LogP contribution in [0.15, 0.2) is 82.9 Å². The van der Waals surface area contributed by atoms with E-state index >= 15 is 14.4 Å². The van der Waals surface area contributed by atoms with Crippen molar-refractivity contribution in [1.82, 2.24) is 57.7 Å². The van der Waals surface area contributed by atoms with E-state index in [2.05, 4.69) is 62.8 Å². The highest BCUT2D eigenvalue weighted by Gasteiger charge is 2.41. The number of aromatic amines is 1. The van der Waals surface area contributed by atoms with Gasteiger partial charge in [0.15, 0.2) is 11.9 Å². The van der Waals surface area contributed by atoms with Gasteiger partial charge < -0.3 is 86.4 Å². The molecule has 2 aliphatic heterocycles. The summed E-state index contributed by atoms with van der Waals surface area (Å²) in [7, 11) is 0. The molecule has 1 aromatic heterocycles. The predicted octanol–water partition coefficient (Wildman–Crippen LogP) is -1.04. The average molecular weight is 1250 g/mol. The summed E-state index contributed by atoms with van der Waals surface area (Å²) >= 11 is 0. The second-order valence-corrected chi connectivity index (χ2v) is 22.8. The lowest BCUT2D eigenvalue weighted by molar-refractivity contribution is -0.143. The van der Waals surface area contributed by atoms with Crippen LogP contribution < -0.4 is 76.5 Å². The molecule has 8 atom stereocenters. The Balaban J connectivity index is 1.41. The van der Waals surface area contributed by atoms with Gasteiger partial charge in [-0.25, -0.2) is 0 Å². The number of para-hydroxylation sites is 1. The zero-order chi connectivity index (χ0) is 65.1. The molecule has 0 aliphatic carbocycles. The van der Waals surface area contributed by atoms with E-state index in [1.807, 2.05) is 67.6 Å². The number of hydrogen-bond acceptors (Lipinski definition) is 13. The van der Waals surface area contributed by atoms with Crippen molar-refractivity contribution >= 4 is 92.7 Å². The van der Waals surface area contributed by atoms with Crippen molar-refractivity contribution in [3.05, 3.63) is 84.1 Å². The third-order valence-electron chi connectivity index (χ3n) is 15.7. The van der Waals surface area contributed by atoms with Crippen molar-refractivity contribution in [1.29, 1.82) is 0 Å². The summed E-state index contributed by atoms with van der Waals surface area (Å²) in [5, 5.41) is 27.6. The van der Waals surface area contributed by atoms with Gasteiger partial charge in [0.25, 0.3) is 0 Å². The van der Waals surface area contributed by atoms with Crippen LogP contribution in [0, 0.1) is 0 Å². The number of nitrogens with zero attached hydrogens (tertiary/aromatic N) is 3. The summed E-state index contributed by atoms with van der Waals surface area (Å²) in [5.41, 5.74) is 30.8. The molecule has 2 aliphatic rings. The van der Waals surface area contributed by atoms with Crippen LogP contribution in [0.4, 0.5) is 0 Å². The average Bonchev–Trinajstić information content (AvgIpc) is 1.93. The van der Waals surface area contributed by atoms with Crippen molar-refractivity contribution < 1.29 is 47.9 Å². The zero-order valence-corrected chi connectivity index (χ0v) is 51.4. The minimum absolute atomic E-state index is 0.0118. The lowest BCUT2D eigenvalue weighted by atomic mass is 9.99. The SMILES string of the molecule is CCCC[C@H](NC(C)=O)C(=O)N[C@H]1CC(=O)NCCCC[C@@H](C(N)=O)NC(=O)[C@H](CCCCN=C(N)NCCN)NC(=O)[C@H](Cc2c[nH]c3ccccc23)NC(=O)[C@H](CCCN=C(N)N)NC(=O)[C@@H](Cc2ccc3ccccc3c2)NC(=O)[C@@H]2CCCN2C1=O. The normalized spacial score (nSPS) is 21.8. The first-order valence-corrected chi connectivity index (χ1v) is 31.0. The quantitative estimate of drug-likeness (QED) is 0.0254. The maximum Gasteiger partial charge on any atom is 0.246 e. The number of primary amides is 1. The fourth-order valence-electron chi connectivity index (χ4n) is 11.0. The third-order valence-corrected chi connectivity index (χ3v) is 15.7. The molecule has 3 heterocycles. The van der Waals surface area contributed by atoms with E-state index in [0.717, 1.165) is 21.7 Å². The predicted molar refractivity (Wildman–Crippen MR) is 341 cm³/mol. The molecule has 3 aromatic carbocycles. The van der Waals surface area contributed by atoms with Crippen LogP contribution in [0.2, 0.25) is 0 Å². The van der Waals surface area contributed by atoms with Crippen LogP contribution in [-0.4, -0.2) is 168 Å². The summed E-state index contributed by atoms with van der Waals surface area (Å²) in [6, 6.07) is 9.86. The fourth-order valence-corrected chi connectivity index (χ4v) is 11.0. The monoisotopic (exact) mass is 1250 g/mol. The van der Waals surface area contributed by atoms with E-state index in [-0.39, 0.29) is 102 Å². The number of guanidine groups is 2. The molecule has 2 saturated heterocycles. The lowest BCUT2D eigenvalue weighted by Crippen LogP contribution is -2.60. The highest BCUT2D eigenvalue weighted by Crippen LogP contribution is 2.23. The van der Waals surface area contributed by atoms with Gasteiger partial charge in [0.05, 0.1) is 6.42 Å². The lowest BCUT2D eigenvalue weighted by Gasteiger charge is -2.31. The molecule has 28 nitrogen and oxygen atoms in total. The van der Waals surface area contributed by atoms with Crippen LogP contribution in [0.1, 0.15) is 115 Å². The fraction of sp³-hybridized carbons (Fsp3) is 0.516. The van der Waals surface area contributed by atoms with Gasteiger partial charge in [-0.1, -0.05) is 80.4 Å². The number of hydrogen-bond donors (Lipinski definition) is 15. The molecule has 488 valence electrons. The van der Waals surface area contributed by atoms with Crippen molar-refractivity contribution in [2.45, 2.75) is 165 Å². The first-order valence-electron chi connectivity index (χ1n) is 31.0. The first-order chi connectivity index (χ1) is 43.2. The van der Waals surface area contributed by atoms with E-state index in [9.17, 15) is 33.6 Å². The number of benzene rings is 3. The molecule has 0 bridgehead atoms. The number of nitrogens with two attached hydrogens (primary N) is 5. The topological polar surface area (TPSA) is 453 Å². The van der Waals surface area contributed by atoms with E-state index in [0.29, 0.717) is 56.3 Å². The molecule has 0 spiro atoms. The molecule has 90 heavy (non-hydrogen) atoms. The minimum atomic E-state index is -1.52. The van der Waals surface area contributed by atoms with Crippen LogP contribution in [0.3, 0.4) is 0 Å². The minimum Gasteiger partial charge on any atom is -0.370 e. The highest BCUT2D eigenvalue weighted by atomic mass is 16.2. The number of aliphatic imine (C=N–C) groups is 2. The van der Waals surface area contributed by atoms with Crippen LogP contribution in [0.5, 0.6) is 0 Å². The van der Waals surface area contributed by atoms with E-state index in [1.54, 1.807) is 12.3 Å². The summed E-state index contributed by atoms with van der Waals surface area (Å²) < 4.78 is 0. The molecule has 28 heteroatoms. The van der Waals surface area contributed by atoms with Gasteiger partial charge in [0.2, 0.25) is 59.1 Å². The van der Waals surface area contributed by atoms with Gasteiger partial charge in [-0.05, 0) is 98.6 Å². The number of carbonyl (C=O) groups is 10. The van der Waals surface area contributed by atoms with Crippen molar-refractivity contribution in [2.75, 3.05) is 39.3 Å². The molecule has 0 unspecified atom stereocenters. The van der Waals surface area contributed by atoms with E-state index in [1.165, 1.54) is 11.8 Å². The standard InChI is InChI=1S/C62H90N18O10/c1-3-4-18-45(73-37(2)81)54(84)79-50-35-52(82)68-27-11-9-20-44(53(64)83)74-55(85)46(21-10-12-28-70-62(67)71-30-26-63)75-58(88)49(34-41-36-72-43-19-8-7-17-42(41)43)77-56(86)47(22-13-29-69-61(65)66)76-57(87)48(78-59(89)51-23-14-31-80(51)60(50)90)33-38-24-25-39-15-5-6-16-40(39)32-38/h5-8,15-17,19,24-25,32,36,44-51,72H,3-4,9-14,18,20-23,26-31,33-35,63H2,1-2H3,(H2,64,83)(H,68,82)(H,73,81)(H,74,85)(H,75,88)(H,76,87)(H,77,86)(H,78,89)(H,79,84)(H4,65,66,69)(H3,67,70,71)/t44-,45-,46-,47-,48+,49-,50-,51-/m0/s1. The second-order valence-electron chi connectivity index (χ2n) is 22.8. The number of nitrogens with one attached hydrogen (secondary N) is 10. The van der Waals surface area contributed by atoms with Gasteiger partial charge in [0.1, 0.15) is 48.3 Å². The molecule has 4 aromatic rings. The van der Waals surface area contributed by atoms with Crippen LogP contribution in [0.25, 0.3) is 21.7 Å². The molecular weight excluding hydrogens is 1160 g/mol. The molecular formula is C62H90N18O10. The summed E-state index contributed by atoms with van der Waals surface area (Å²) in [6.45, 7) is 4.24. The zero-order valence-electron chi connectivity index (χ0n) is 51.4. The maximum atomic E-state index is 15.1. The number of amides is 10. The Labute approximate surface area is 523 Å². The third kappa shape index (κ3) is 21.8. The van der Waals surface area contributed by atoms with Gasteiger partial charge in [0, 0.05) is 76.1 Å². The molecule has 10 amide bonds. The molecule has 20 N–H and O–H groups in total. The van der Waals surface area contributed by atoms with Gasteiger partial charge in [-0.3, -0.25) is 57.9 Å². The van der Waals surface area contributed by atoms with Crippen molar-refractivity contribution in [2.24, 2.45) is 38.7 Å². The number of H-pyrrole nitrogens is 1. The summed E-state index contributed by atoms with van der Waals surface area (Å²) in [5.74, 6) is -7.45. The Bertz CT molecular complexity index is 3200. The summed E-state index contributed by atoms with van der Waals surface area (Å²) in [6.07, 6.45) is 4.15. The second kappa shape index (κ2) is 35.6. The Morgan fingerprint density at radius 1 is 0.700 bits per heavy atom. The summed E-state index contributed by atoms with van der Waals surface area (Å²) in [4.78, 5) is 155. The number of aromatic nitrogens is 1. The van der Waals surface area contributed by atoms with Gasteiger partial charge >= 0.3 is 0 Å². The number of carbonyl (C=O) groups excluding carboxylic acids is 10. The first kappa shape index (κ1) is 69.8. The molecule has 2 fully saturated rings. The van der Waals surface area contributed by atoms with Crippen molar-refractivity contribution in [3.8, 4) is 0 Å². The van der Waals surface area contributed by atoms with E-state index < -0.39 is 114 Å². The van der Waals surface area contributed by atoms with Crippen LogP contribution in [-0.2, 0) is 60.8 Å². The Morgan fingerprint density at radius 2 is 1.36 bits per heavy atom. The van der Waals surface area contributed by atoms with Crippen molar-refractivity contribution in [3.63, 3.8) is 0 Å². The smallest absolute Gasteiger partial charge is 0.246 e. The highest BCUT2D eigenvalue weighted by molar-refractivity contribution is 6.00. The van der Waals surface area contributed by atoms with Crippen LogP contribution >= 0.6 is 0 Å². The van der Waals surface area contributed by atoms with Gasteiger partial charge in [-0.2, -0.15) is 0 Å². The molecule has 6 rings (SSSR count). The number of rotatable bonds is 22. The Morgan fingerprint density at radius 3 is 2.07 bits per heavy atom. The largest absolute Gasteiger partial charge is 0.370 e. The number of unbranched alkanes of at least 4 members (excludes halogenated alkanes) is 2. The Hall–Kier alpha value is -9.34. The maximum absolute atomic E-state index is 15.1. The van der Waals surface area contributed by atoms with E-state index in [4.69, 9.17) is 28.7 Å².